The van der Waals surface area contributed by atoms with Crippen LogP contribution in [-0.4, -0.2) is 47.8 Å². The molecular weight excluding hydrogens is 792 g/mol. The van der Waals surface area contributed by atoms with Crippen LogP contribution in [0.2, 0.25) is 0 Å². The van der Waals surface area contributed by atoms with Gasteiger partial charge in [-0.05, 0) is 83.5 Å². The van der Waals surface area contributed by atoms with Gasteiger partial charge in [0.1, 0.15) is 0 Å². The summed E-state index contributed by atoms with van der Waals surface area (Å²) < 4.78 is 22.2. The third-order valence-corrected chi connectivity index (χ3v) is 11.1. The Labute approximate surface area is 380 Å². The largest absolute Gasteiger partial charge is 0.472 e. The van der Waals surface area contributed by atoms with Crippen molar-refractivity contribution < 1.29 is 28.4 Å². The third-order valence-electron chi connectivity index (χ3n) is 10.1. The Morgan fingerprint density at radius 3 is 1.44 bits per heavy atom. The zero-order chi connectivity index (χ0) is 45.3. The Morgan fingerprint density at radius 2 is 0.952 bits per heavy atom. The smallest absolute Gasteiger partial charge is 0.387 e. The van der Waals surface area contributed by atoms with Crippen molar-refractivity contribution in [2.75, 3.05) is 19.8 Å². The van der Waals surface area contributed by atoms with E-state index < -0.39 is 20.0 Å². The van der Waals surface area contributed by atoms with Crippen LogP contribution in [0.15, 0.2) is 109 Å². The average Bonchev–Trinajstić information content (AvgIpc) is 3.26. The van der Waals surface area contributed by atoms with E-state index in [4.69, 9.17) is 14.8 Å². The summed E-state index contributed by atoms with van der Waals surface area (Å²) >= 11 is 0. The van der Waals surface area contributed by atoms with Crippen LogP contribution >= 0.6 is 7.82 Å². The van der Waals surface area contributed by atoms with E-state index in [-0.39, 0.29) is 32.1 Å². The standard InChI is InChI=1S/C53H91N2O6P/c1-3-5-7-9-11-13-15-17-19-21-23-25-26-27-29-31-33-35-37-39-41-43-45-47-53(57)55-51(50-61-62(58,59)60-49-48-54)52(56)46-44-42-40-38-36-34-32-30-28-24-22-20-18-16-14-12-10-8-6-4-2/h5,7,11,13,17,19,23,25,27,29,33,35-36,38-39,41,44,46,51-52,56H,3-4,6,8-10,12,14-16,18,20-22,24,26,28,30-32,34,37,40,42-43,45,47-50,54H2,1-2H3,(H,55,57)(H,58,59)/b7-5-,13-11-,19-17-,25-23-,29-27-,35-33-,38-36+,41-39-,46-44+. The average molecular weight is 883 g/mol. The maximum absolute atomic E-state index is 12.8. The lowest BCUT2D eigenvalue weighted by Gasteiger charge is -2.23. The number of amides is 1. The second-order valence-corrected chi connectivity index (χ2v) is 17.4. The number of hydrogen-bond acceptors (Lipinski definition) is 6. The van der Waals surface area contributed by atoms with Crippen LogP contribution in [0.1, 0.15) is 187 Å². The van der Waals surface area contributed by atoms with Gasteiger partial charge in [0, 0.05) is 13.0 Å². The number of nitrogens with two attached hydrogens (primary N) is 1. The highest BCUT2D eigenvalue weighted by Gasteiger charge is 2.26. The molecule has 62 heavy (non-hydrogen) atoms. The van der Waals surface area contributed by atoms with Crippen LogP contribution in [0.4, 0.5) is 0 Å². The molecule has 1 amide bonds. The fourth-order valence-electron chi connectivity index (χ4n) is 6.43. The predicted octanol–water partition coefficient (Wildman–Crippen LogP) is 14.5. The van der Waals surface area contributed by atoms with Crippen molar-refractivity contribution in [1.82, 2.24) is 5.32 Å². The van der Waals surface area contributed by atoms with Gasteiger partial charge in [0.05, 0.1) is 25.4 Å². The minimum absolute atomic E-state index is 0.0587. The number of allylic oxidation sites excluding steroid dienone is 17. The predicted molar refractivity (Wildman–Crippen MR) is 267 cm³/mol. The molecule has 0 heterocycles. The van der Waals surface area contributed by atoms with Crippen molar-refractivity contribution in [2.45, 2.75) is 199 Å². The number of aliphatic hydroxyl groups excluding tert-OH is 1. The topological polar surface area (TPSA) is 131 Å². The number of hydrogen-bond donors (Lipinski definition) is 4. The van der Waals surface area contributed by atoms with Gasteiger partial charge in [-0.15, -0.1) is 0 Å². The molecule has 9 heteroatoms. The first-order valence-corrected chi connectivity index (χ1v) is 26.0. The Bertz CT molecular complexity index is 1330. The van der Waals surface area contributed by atoms with Crippen molar-refractivity contribution in [2.24, 2.45) is 5.73 Å². The summed E-state index contributed by atoms with van der Waals surface area (Å²) in [5, 5.41) is 13.7. The summed E-state index contributed by atoms with van der Waals surface area (Å²) in [6, 6.07) is -0.916. The molecular formula is C53H91N2O6P. The molecule has 0 aromatic carbocycles. The zero-order valence-electron chi connectivity index (χ0n) is 39.3. The van der Waals surface area contributed by atoms with E-state index >= 15 is 0 Å². The van der Waals surface area contributed by atoms with Crippen molar-refractivity contribution in [3.63, 3.8) is 0 Å². The van der Waals surface area contributed by atoms with E-state index in [1.165, 1.54) is 89.9 Å². The lowest BCUT2D eigenvalue weighted by molar-refractivity contribution is -0.122. The van der Waals surface area contributed by atoms with E-state index in [1.54, 1.807) is 6.08 Å². The fourth-order valence-corrected chi connectivity index (χ4v) is 7.19. The quantitative estimate of drug-likeness (QED) is 0.0272. The van der Waals surface area contributed by atoms with Crippen LogP contribution in [-0.2, 0) is 18.4 Å². The normalized spacial score (nSPS) is 14.9. The molecule has 0 aliphatic carbocycles. The van der Waals surface area contributed by atoms with Crippen LogP contribution in [0.5, 0.6) is 0 Å². The Morgan fingerprint density at radius 1 is 0.548 bits per heavy atom. The highest BCUT2D eigenvalue weighted by molar-refractivity contribution is 7.47. The Hall–Kier alpha value is -2.84. The Balaban J connectivity index is 4.33. The molecule has 3 atom stereocenters. The third kappa shape index (κ3) is 45.2. The summed E-state index contributed by atoms with van der Waals surface area (Å²) in [6.45, 7) is 3.95. The van der Waals surface area contributed by atoms with Crippen molar-refractivity contribution in [1.29, 1.82) is 0 Å². The van der Waals surface area contributed by atoms with Crippen LogP contribution < -0.4 is 11.1 Å². The monoisotopic (exact) mass is 883 g/mol. The van der Waals surface area contributed by atoms with Gasteiger partial charge in [0.15, 0.2) is 0 Å². The van der Waals surface area contributed by atoms with Gasteiger partial charge >= 0.3 is 7.82 Å². The first kappa shape index (κ1) is 59.2. The second-order valence-electron chi connectivity index (χ2n) is 15.9. The van der Waals surface area contributed by atoms with Gasteiger partial charge < -0.3 is 21.1 Å². The van der Waals surface area contributed by atoms with Gasteiger partial charge in [0.25, 0.3) is 0 Å². The molecule has 0 saturated heterocycles. The van der Waals surface area contributed by atoms with Gasteiger partial charge in [-0.2, -0.15) is 0 Å². The van der Waals surface area contributed by atoms with Gasteiger partial charge in [-0.3, -0.25) is 13.8 Å². The van der Waals surface area contributed by atoms with E-state index in [0.29, 0.717) is 6.42 Å². The summed E-state index contributed by atoms with van der Waals surface area (Å²) in [7, 11) is -4.38. The second kappa shape index (κ2) is 47.6. The number of carbonyl (C=O) groups is 1. The minimum Gasteiger partial charge on any atom is -0.387 e. The molecule has 3 unspecified atom stereocenters. The molecule has 0 saturated carbocycles. The van der Waals surface area contributed by atoms with Crippen molar-refractivity contribution in [3.05, 3.63) is 109 Å². The maximum atomic E-state index is 12.8. The molecule has 354 valence electrons. The molecule has 0 aromatic heterocycles. The number of phosphoric ester groups is 1. The van der Waals surface area contributed by atoms with Crippen LogP contribution in [0.25, 0.3) is 0 Å². The van der Waals surface area contributed by atoms with Gasteiger partial charge in [-0.25, -0.2) is 4.57 Å². The SMILES string of the molecule is CC/C=C\C/C=C\C/C=C\C/C=C\C/C=C\C/C=C\C/C=C\CCCC(=O)NC(COP(=O)(O)OCCN)C(O)/C=C/CC/C=C/CCCCCCCCCCCCCCCC. The fraction of sp³-hybridized carbons (Fsp3) is 0.642. The molecule has 0 bridgehead atoms. The van der Waals surface area contributed by atoms with Crippen LogP contribution in [0.3, 0.4) is 0 Å². The van der Waals surface area contributed by atoms with E-state index in [2.05, 4.69) is 116 Å². The number of phosphoric acid groups is 1. The minimum atomic E-state index is -4.38. The molecule has 0 fully saturated rings. The van der Waals surface area contributed by atoms with Crippen molar-refractivity contribution in [3.8, 4) is 0 Å². The van der Waals surface area contributed by atoms with Crippen LogP contribution in [0, 0.1) is 0 Å². The number of carbonyl (C=O) groups excluding carboxylic acids is 1. The Kier molecular flexibility index (Phi) is 45.5. The maximum Gasteiger partial charge on any atom is 0.472 e. The lowest BCUT2D eigenvalue weighted by atomic mass is 10.0. The lowest BCUT2D eigenvalue weighted by Crippen LogP contribution is -2.45. The van der Waals surface area contributed by atoms with Gasteiger partial charge in [-0.1, -0.05) is 207 Å². The van der Waals surface area contributed by atoms with Gasteiger partial charge in [0.2, 0.25) is 5.91 Å². The highest BCUT2D eigenvalue weighted by Crippen LogP contribution is 2.43. The van der Waals surface area contributed by atoms with E-state index in [1.807, 2.05) is 6.08 Å². The molecule has 0 aromatic rings. The van der Waals surface area contributed by atoms with E-state index in [0.717, 1.165) is 70.6 Å². The number of nitrogens with one attached hydrogen (secondary N) is 1. The first-order valence-electron chi connectivity index (χ1n) is 24.5. The summed E-state index contributed by atoms with van der Waals surface area (Å²) in [4.78, 5) is 22.8. The molecule has 0 radical (unpaired) electrons. The van der Waals surface area contributed by atoms with Crippen molar-refractivity contribution >= 4 is 13.7 Å². The summed E-state index contributed by atoms with van der Waals surface area (Å²) in [5.41, 5.74) is 5.38. The molecule has 8 nitrogen and oxygen atoms in total. The van der Waals surface area contributed by atoms with E-state index in [9.17, 15) is 19.4 Å². The highest BCUT2D eigenvalue weighted by atomic mass is 31.2. The molecule has 0 spiro atoms. The zero-order valence-corrected chi connectivity index (χ0v) is 40.2. The number of aliphatic hydroxyl groups is 1. The molecule has 0 aliphatic rings. The molecule has 0 rings (SSSR count). The number of unbranched alkanes of at least 4 members (excludes halogenated alkanes) is 16. The molecule has 5 N–H and O–H groups in total. The number of rotatable bonds is 44. The first-order chi connectivity index (χ1) is 30.4. The molecule has 0 aliphatic heterocycles. The summed E-state index contributed by atoms with van der Waals surface area (Å²) in [5.74, 6) is -0.265. The summed E-state index contributed by atoms with van der Waals surface area (Å²) in [6.07, 6.45) is 67.3.